The predicted octanol–water partition coefficient (Wildman–Crippen LogP) is 6.46. The summed E-state index contributed by atoms with van der Waals surface area (Å²) in [4.78, 5) is 4.83. The first-order chi connectivity index (χ1) is 16.0. The van der Waals surface area contributed by atoms with Crippen LogP contribution in [0.1, 0.15) is 77.2 Å². The number of nitrogens with zero attached hydrogens (tertiary/aromatic N) is 3. The second-order valence-corrected chi connectivity index (χ2v) is 11.7. The minimum atomic E-state index is -1.06. The SMILES string of the molecule is CCCCCCCOc1ccc(C2C3(C#N)C(N)=NC(SCCC)(SCCC)C23C#N)cc1. The molecule has 33 heavy (non-hydrogen) atoms. The van der Waals surface area contributed by atoms with Crippen molar-refractivity contribution in [2.24, 2.45) is 21.6 Å². The Balaban J connectivity index is 1.83. The number of rotatable bonds is 14. The van der Waals surface area contributed by atoms with E-state index in [4.69, 9.17) is 15.5 Å². The molecule has 0 amide bonds. The molecule has 3 atom stereocenters. The van der Waals surface area contributed by atoms with Crippen molar-refractivity contribution in [3.05, 3.63) is 29.8 Å². The summed E-state index contributed by atoms with van der Waals surface area (Å²) in [7, 11) is 0. The van der Waals surface area contributed by atoms with E-state index >= 15 is 0 Å². The van der Waals surface area contributed by atoms with Crippen molar-refractivity contribution in [3.63, 3.8) is 0 Å². The Morgan fingerprint density at radius 3 is 2.12 bits per heavy atom. The van der Waals surface area contributed by atoms with Gasteiger partial charge in [-0.1, -0.05) is 58.6 Å². The Bertz CT molecular complexity index is 912. The molecular weight excluding hydrogens is 448 g/mol. The van der Waals surface area contributed by atoms with Gasteiger partial charge < -0.3 is 10.5 Å². The van der Waals surface area contributed by atoms with Gasteiger partial charge in [-0.05, 0) is 48.5 Å². The molecule has 3 rings (SSSR count). The maximum atomic E-state index is 10.5. The van der Waals surface area contributed by atoms with Crippen molar-refractivity contribution in [3.8, 4) is 17.9 Å². The van der Waals surface area contributed by atoms with Crippen molar-refractivity contribution >= 4 is 29.4 Å². The van der Waals surface area contributed by atoms with Crippen molar-refractivity contribution < 1.29 is 4.74 Å². The molecule has 7 heteroatoms. The molecule has 3 unspecified atom stereocenters. The molecule has 1 aromatic rings. The molecule has 1 aliphatic heterocycles. The molecule has 1 aliphatic carbocycles. The summed E-state index contributed by atoms with van der Waals surface area (Å²) in [6.07, 6.45) is 7.97. The normalized spacial score (nSPS) is 26.7. The second kappa shape index (κ2) is 11.1. The summed E-state index contributed by atoms with van der Waals surface area (Å²) in [6, 6.07) is 12.9. The van der Waals surface area contributed by atoms with Gasteiger partial charge in [0.1, 0.15) is 22.4 Å². The fourth-order valence-corrected chi connectivity index (χ4v) is 8.22. The van der Waals surface area contributed by atoms with Crippen LogP contribution in [0.15, 0.2) is 29.3 Å². The molecule has 0 spiro atoms. The summed E-state index contributed by atoms with van der Waals surface area (Å²) < 4.78 is 5.18. The summed E-state index contributed by atoms with van der Waals surface area (Å²) in [5, 5.41) is 20.8. The monoisotopic (exact) mass is 484 g/mol. The number of thioether (sulfide) groups is 2. The Morgan fingerprint density at radius 1 is 0.939 bits per heavy atom. The average Bonchev–Trinajstić information content (AvgIpc) is 3.42. The maximum Gasteiger partial charge on any atom is 0.175 e. The second-order valence-electron chi connectivity index (χ2n) is 8.88. The van der Waals surface area contributed by atoms with E-state index in [0.717, 1.165) is 42.1 Å². The number of amidine groups is 1. The molecule has 0 saturated heterocycles. The van der Waals surface area contributed by atoms with E-state index in [1.807, 2.05) is 24.3 Å². The van der Waals surface area contributed by atoms with Crippen molar-refractivity contribution in [2.45, 2.75) is 75.8 Å². The number of benzene rings is 1. The largest absolute Gasteiger partial charge is 0.494 e. The molecule has 0 radical (unpaired) electrons. The molecule has 5 nitrogen and oxygen atoms in total. The minimum Gasteiger partial charge on any atom is -0.494 e. The lowest BCUT2D eigenvalue weighted by atomic mass is 9.97. The Hall–Kier alpha value is -1.83. The zero-order valence-corrected chi connectivity index (χ0v) is 21.7. The summed E-state index contributed by atoms with van der Waals surface area (Å²) >= 11 is 3.36. The average molecular weight is 485 g/mol. The van der Waals surface area contributed by atoms with Gasteiger partial charge in [-0.25, -0.2) is 4.99 Å². The molecule has 1 saturated carbocycles. The third-order valence-electron chi connectivity index (χ3n) is 6.66. The van der Waals surface area contributed by atoms with Gasteiger partial charge in [0.2, 0.25) is 0 Å². The molecule has 0 bridgehead atoms. The molecular formula is C26H36N4OS2. The Morgan fingerprint density at radius 2 is 1.58 bits per heavy atom. The minimum absolute atomic E-state index is 0.283. The number of aliphatic imine (C=N–C) groups is 1. The van der Waals surface area contributed by atoms with Crippen LogP contribution >= 0.6 is 23.5 Å². The van der Waals surface area contributed by atoms with E-state index < -0.39 is 15.0 Å². The van der Waals surface area contributed by atoms with Gasteiger partial charge in [0.05, 0.1) is 18.7 Å². The fraction of sp³-hybridized carbons (Fsp3) is 0.654. The maximum absolute atomic E-state index is 10.5. The van der Waals surface area contributed by atoms with Crippen LogP contribution in [0.2, 0.25) is 0 Å². The smallest absolute Gasteiger partial charge is 0.175 e. The number of unbranched alkanes of at least 4 members (excludes halogenated alkanes) is 4. The van der Waals surface area contributed by atoms with Crippen molar-refractivity contribution in [2.75, 3.05) is 18.1 Å². The van der Waals surface area contributed by atoms with Crippen LogP contribution in [-0.4, -0.2) is 28.2 Å². The van der Waals surface area contributed by atoms with Crippen LogP contribution in [0, 0.1) is 33.5 Å². The van der Waals surface area contributed by atoms with Crippen molar-refractivity contribution in [1.29, 1.82) is 10.5 Å². The first kappa shape index (κ1) is 25.8. The molecule has 1 aromatic carbocycles. The lowest BCUT2D eigenvalue weighted by Gasteiger charge is -2.32. The fourth-order valence-electron chi connectivity index (χ4n) is 4.99. The Labute approximate surface area is 207 Å². The lowest BCUT2D eigenvalue weighted by molar-refractivity contribution is 0.304. The highest BCUT2D eigenvalue weighted by Gasteiger charge is 2.91. The lowest BCUT2D eigenvalue weighted by Crippen LogP contribution is -2.32. The number of hydrogen-bond acceptors (Lipinski definition) is 7. The molecule has 1 fully saturated rings. The van der Waals surface area contributed by atoms with Crippen LogP contribution < -0.4 is 10.5 Å². The Kier molecular flexibility index (Phi) is 8.65. The summed E-state index contributed by atoms with van der Waals surface area (Å²) in [5.41, 5.74) is 5.38. The van der Waals surface area contributed by atoms with E-state index in [9.17, 15) is 10.5 Å². The number of ether oxygens (including phenoxy) is 1. The van der Waals surface area contributed by atoms with Crippen LogP contribution in [-0.2, 0) is 0 Å². The number of nitrogens with two attached hydrogens (primary N) is 1. The molecule has 2 N–H and O–H groups in total. The molecule has 1 heterocycles. The van der Waals surface area contributed by atoms with Gasteiger partial charge in [-0.15, -0.1) is 23.5 Å². The molecule has 178 valence electrons. The third kappa shape index (κ3) is 4.24. The standard InChI is InChI=1S/C26H36N4OS2/c1-4-7-8-9-10-15-31-21-13-11-20(12-14-21)22-24(18-27)23(29)30-26(32-16-5-2,33-17-6-3)25(22,24)19-28/h11-14,22H,4-10,15-17H2,1-3H3,(H2,29,30). The van der Waals surface area contributed by atoms with E-state index in [2.05, 4.69) is 32.9 Å². The van der Waals surface area contributed by atoms with Gasteiger partial charge >= 0.3 is 0 Å². The van der Waals surface area contributed by atoms with Crippen LogP contribution in [0.3, 0.4) is 0 Å². The quantitative estimate of drug-likeness (QED) is 0.240. The first-order valence-corrected chi connectivity index (χ1v) is 14.2. The highest BCUT2D eigenvalue weighted by atomic mass is 32.2. The van der Waals surface area contributed by atoms with E-state index in [1.165, 1.54) is 25.7 Å². The van der Waals surface area contributed by atoms with Crippen molar-refractivity contribution in [1.82, 2.24) is 0 Å². The summed E-state index contributed by atoms with van der Waals surface area (Å²) in [5.74, 6) is 2.60. The van der Waals surface area contributed by atoms with Gasteiger partial charge in [0.15, 0.2) is 4.20 Å². The molecule has 0 aromatic heterocycles. The van der Waals surface area contributed by atoms with Gasteiger partial charge in [0.25, 0.3) is 0 Å². The number of nitriles is 2. The number of fused-ring (bicyclic) bond motifs is 1. The zero-order chi connectivity index (χ0) is 24.0. The number of hydrogen-bond donors (Lipinski definition) is 1. The highest BCUT2D eigenvalue weighted by molar-refractivity contribution is 8.18. The van der Waals surface area contributed by atoms with Crippen LogP contribution in [0.4, 0.5) is 0 Å². The highest BCUT2D eigenvalue weighted by Crippen LogP contribution is 2.85. The van der Waals surface area contributed by atoms with Gasteiger partial charge in [-0.2, -0.15) is 10.5 Å². The van der Waals surface area contributed by atoms with Crippen LogP contribution in [0.25, 0.3) is 0 Å². The van der Waals surface area contributed by atoms with E-state index in [-0.39, 0.29) is 5.92 Å². The first-order valence-electron chi connectivity index (χ1n) is 12.2. The van der Waals surface area contributed by atoms with Gasteiger partial charge in [0, 0.05) is 5.92 Å². The van der Waals surface area contributed by atoms with E-state index in [1.54, 1.807) is 23.5 Å². The summed E-state index contributed by atoms with van der Waals surface area (Å²) in [6.45, 7) is 7.17. The van der Waals surface area contributed by atoms with Gasteiger partial charge in [-0.3, -0.25) is 0 Å². The molecule has 2 aliphatic rings. The van der Waals surface area contributed by atoms with Crippen LogP contribution in [0.5, 0.6) is 5.75 Å². The zero-order valence-electron chi connectivity index (χ0n) is 20.1. The third-order valence-corrected chi connectivity index (χ3v) is 10.2. The predicted molar refractivity (Wildman–Crippen MR) is 139 cm³/mol. The topological polar surface area (TPSA) is 95.2 Å². The van der Waals surface area contributed by atoms with E-state index in [0.29, 0.717) is 12.4 Å².